The van der Waals surface area contributed by atoms with Gasteiger partial charge in [-0.25, -0.2) is 0 Å². The molecule has 0 aromatic carbocycles. The molecule has 16 heavy (non-hydrogen) atoms. The van der Waals surface area contributed by atoms with Gasteiger partial charge in [0.05, 0.1) is 6.61 Å². The zero-order valence-electron chi connectivity index (χ0n) is 11.0. The number of rotatable bonds is 6. The van der Waals surface area contributed by atoms with Crippen molar-refractivity contribution in [1.82, 2.24) is 15.1 Å². The molecule has 1 aliphatic rings. The highest BCUT2D eigenvalue weighted by atomic mass is 16.3. The maximum absolute atomic E-state index is 9.40. The molecule has 0 aliphatic carbocycles. The lowest BCUT2D eigenvalue weighted by atomic mass is 9.98. The zero-order chi connectivity index (χ0) is 12.0. The summed E-state index contributed by atoms with van der Waals surface area (Å²) in [6, 6.07) is 0. The van der Waals surface area contributed by atoms with Gasteiger partial charge in [0.2, 0.25) is 0 Å². The van der Waals surface area contributed by atoms with Crippen molar-refractivity contribution in [1.29, 1.82) is 0 Å². The first-order valence-corrected chi connectivity index (χ1v) is 6.36. The third kappa shape index (κ3) is 4.37. The van der Waals surface area contributed by atoms with Crippen LogP contribution in [0.5, 0.6) is 0 Å². The van der Waals surface area contributed by atoms with E-state index in [9.17, 15) is 5.11 Å². The highest BCUT2D eigenvalue weighted by molar-refractivity contribution is 4.83. The summed E-state index contributed by atoms with van der Waals surface area (Å²) in [5, 5.41) is 12.8. The number of piperazine rings is 1. The smallest absolute Gasteiger partial charge is 0.0611 e. The van der Waals surface area contributed by atoms with Gasteiger partial charge in [-0.3, -0.25) is 0 Å². The van der Waals surface area contributed by atoms with E-state index in [4.69, 9.17) is 0 Å². The van der Waals surface area contributed by atoms with E-state index < -0.39 is 0 Å². The molecule has 0 aromatic rings. The Morgan fingerprint density at radius 3 is 2.38 bits per heavy atom. The van der Waals surface area contributed by atoms with Crippen molar-refractivity contribution in [2.75, 3.05) is 52.9 Å². The zero-order valence-corrected chi connectivity index (χ0v) is 11.0. The third-order valence-electron chi connectivity index (χ3n) is 3.53. The largest absolute Gasteiger partial charge is 0.394 e. The predicted molar refractivity (Wildman–Crippen MR) is 67.7 cm³/mol. The molecule has 4 nitrogen and oxygen atoms in total. The molecule has 1 saturated heterocycles. The first-order chi connectivity index (χ1) is 7.59. The molecular weight excluding hydrogens is 202 g/mol. The third-order valence-corrected chi connectivity index (χ3v) is 3.53. The number of hydrogen-bond acceptors (Lipinski definition) is 4. The number of aliphatic hydroxyl groups excluding tert-OH is 1. The number of hydrogen-bond donors (Lipinski definition) is 2. The van der Waals surface area contributed by atoms with Crippen LogP contribution in [0.4, 0.5) is 0 Å². The Morgan fingerprint density at radius 1 is 1.25 bits per heavy atom. The van der Waals surface area contributed by atoms with E-state index in [2.05, 4.69) is 36.0 Å². The Kier molecular flexibility index (Phi) is 5.69. The summed E-state index contributed by atoms with van der Waals surface area (Å²) in [6.07, 6.45) is 1.01. The first-order valence-electron chi connectivity index (χ1n) is 6.36. The molecule has 0 amide bonds. The van der Waals surface area contributed by atoms with Crippen molar-refractivity contribution >= 4 is 0 Å². The topological polar surface area (TPSA) is 38.7 Å². The van der Waals surface area contributed by atoms with Crippen LogP contribution in [-0.2, 0) is 0 Å². The second-order valence-corrected chi connectivity index (χ2v) is 5.14. The van der Waals surface area contributed by atoms with Crippen LogP contribution in [0.2, 0.25) is 0 Å². The molecule has 0 spiro atoms. The van der Waals surface area contributed by atoms with E-state index in [-0.39, 0.29) is 12.1 Å². The van der Waals surface area contributed by atoms with Gasteiger partial charge in [-0.1, -0.05) is 6.92 Å². The van der Waals surface area contributed by atoms with Gasteiger partial charge >= 0.3 is 0 Å². The summed E-state index contributed by atoms with van der Waals surface area (Å²) >= 11 is 0. The first kappa shape index (κ1) is 13.9. The highest BCUT2D eigenvalue weighted by Crippen LogP contribution is 2.10. The number of likely N-dealkylation sites (N-methyl/N-ethyl adjacent to an activating group) is 2. The number of nitrogens with one attached hydrogen (secondary N) is 1. The molecule has 1 rings (SSSR count). The van der Waals surface area contributed by atoms with Gasteiger partial charge in [-0.2, -0.15) is 0 Å². The van der Waals surface area contributed by atoms with Crippen LogP contribution in [0, 0.1) is 0 Å². The minimum Gasteiger partial charge on any atom is -0.394 e. The number of aliphatic hydroxyl groups is 1. The monoisotopic (exact) mass is 229 g/mol. The van der Waals surface area contributed by atoms with Gasteiger partial charge in [0.15, 0.2) is 0 Å². The summed E-state index contributed by atoms with van der Waals surface area (Å²) in [5.41, 5.74) is -0.113. The van der Waals surface area contributed by atoms with Crippen molar-refractivity contribution in [3.63, 3.8) is 0 Å². The average Bonchev–Trinajstić information content (AvgIpc) is 2.29. The Balaban J connectivity index is 2.27. The van der Waals surface area contributed by atoms with Crippen LogP contribution in [0.1, 0.15) is 20.3 Å². The molecule has 96 valence electrons. The Morgan fingerprint density at radius 2 is 1.88 bits per heavy atom. The van der Waals surface area contributed by atoms with Crippen LogP contribution in [-0.4, -0.2) is 73.4 Å². The van der Waals surface area contributed by atoms with E-state index in [1.54, 1.807) is 0 Å². The van der Waals surface area contributed by atoms with Crippen LogP contribution in [0.15, 0.2) is 0 Å². The molecule has 1 fully saturated rings. The second-order valence-electron chi connectivity index (χ2n) is 5.14. The van der Waals surface area contributed by atoms with E-state index in [1.807, 2.05) is 0 Å². The molecule has 2 N–H and O–H groups in total. The number of nitrogens with zero attached hydrogens (tertiary/aromatic N) is 2. The Hall–Kier alpha value is -0.160. The lowest BCUT2D eigenvalue weighted by Gasteiger charge is -2.35. The van der Waals surface area contributed by atoms with E-state index in [0.717, 1.165) is 45.7 Å². The lowest BCUT2D eigenvalue weighted by Crippen LogP contribution is -2.50. The predicted octanol–water partition coefficient (Wildman–Crippen LogP) is -0.0156. The van der Waals surface area contributed by atoms with E-state index >= 15 is 0 Å². The van der Waals surface area contributed by atoms with Gasteiger partial charge in [-0.05, 0) is 26.9 Å². The van der Waals surface area contributed by atoms with E-state index in [1.165, 1.54) is 0 Å². The summed E-state index contributed by atoms with van der Waals surface area (Å²) in [6.45, 7) is 11.0. The van der Waals surface area contributed by atoms with Gasteiger partial charge in [-0.15, -0.1) is 0 Å². The fourth-order valence-electron chi connectivity index (χ4n) is 2.13. The standard InChI is InChI=1S/C12H27N3O/c1-4-13-12(2,11-16)5-6-15-9-7-14(3)8-10-15/h13,16H,4-11H2,1-3H3. The van der Waals surface area contributed by atoms with Gasteiger partial charge in [0, 0.05) is 38.3 Å². The molecule has 1 unspecified atom stereocenters. The van der Waals surface area contributed by atoms with Crippen LogP contribution >= 0.6 is 0 Å². The van der Waals surface area contributed by atoms with Crippen molar-refractivity contribution < 1.29 is 5.11 Å². The van der Waals surface area contributed by atoms with Crippen LogP contribution < -0.4 is 5.32 Å². The molecule has 1 aliphatic heterocycles. The van der Waals surface area contributed by atoms with E-state index in [0.29, 0.717) is 0 Å². The molecule has 0 saturated carbocycles. The van der Waals surface area contributed by atoms with Crippen molar-refractivity contribution in [3.8, 4) is 0 Å². The molecule has 0 radical (unpaired) electrons. The minimum absolute atomic E-state index is 0.113. The second kappa shape index (κ2) is 6.55. The summed E-state index contributed by atoms with van der Waals surface area (Å²) in [7, 11) is 2.17. The lowest BCUT2D eigenvalue weighted by molar-refractivity contribution is 0.117. The summed E-state index contributed by atoms with van der Waals surface area (Å²) < 4.78 is 0. The molecule has 4 heteroatoms. The van der Waals surface area contributed by atoms with Gasteiger partial charge in [0.25, 0.3) is 0 Å². The average molecular weight is 229 g/mol. The van der Waals surface area contributed by atoms with Gasteiger partial charge < -0.3 is 20.2 Å². The maximum atomic E-state index is 9.40. The molecule has 0 bridgehead atoms. The van der Waals surface area contributed by atoms with Crippen LogP contribution in [0.3, 0.4) is 0 Å². The van der Waals surface area contributed by atoms with Crippen molar-refractivity contribution in [2.24, 2.45) is 0 Å². The highest BCUT2D eigenvalue weighted by Gasteiger charge is 2.23. The minimum atomic E-state index is -0.113. The fraction of sp³-hybridized carbons (Fsp3) is 1.00. The van der Waals surface area contributed by atoms with Crippen molar-refractivity contribution in [3.05, 3.63) is 0 Å². The quantitative estimate of drug-likeness (QED) is 0.672. The normalized spacial score (nSPS) is 23.2. The van der Waals surface area contributed by atoms with Crippen LogP contribution in [0.25, 0.3) is 0 Å². The molecule has 0 aromatic heterocycles. The molecule has 1 heterocycles. The molecule has 1 atom stereocenters. The van der Waals surface area contributed by atoms with Gasteiger partial charge in [0.1, 0.15) is 0 Å². The summed E-state index contributed by atoms with van der Waals surface area (Å²) in [4.78, 5) is 4.86. The van der Waals surface area contributed by atoms with Crippen molar-refractivity contribution in [2.45, 2.75) is 25.8 Å². The SMILES string of the molecule is CCNC(C)(CO)CCN1CCN(C)CC1. The Bertz CT molecular complexity index is 193. The Labute approximate surface area is 99.6 Å². The maximum Gasteiger partial charge on any atom is 0.0611 e. The molecular formula is C12H27N3O. The fourth-order valence-corrected chi connectivity index (χ4v) is 2.13. The summed E-state index contributed by atoms with van der Waals surface area (Å²) in [5.74, 6) is 0.